The second kappa shape index (κ2) is 13.8. The van der Waals surface area contributed by atoms with E-state index in [2.05, 4.69) is 30.9 Å². The van der Waals surface area contributed by atoms with Gasteiger partial charge >= 0.3 is 0 Å². The Morgan fingerprint density at radius 2 is 1.55 bits per heavy atom. The van der Waals surface area contributed by atoms with Crippen LogP contribution in [-0.4, -0.2) is 42.7 Å². The van der Waals surface area contributed by atoms with E-state index in [1.165, 1.54) is 31.3 Å². The van der Waals surface area contributed by atoms with E-state index in [9.17, 15) is 12.8 Å². The largest absolute Gasteiger partial charge is 0.369 e. The fourth-order valence-electron chi connectivity index (χ4n) is 4.34. The lowest BCUT2D eigenvalue weighted by Crippen LogP contribution is -2.18. The molecule has 2 heterocycles. The molecule has 0 aliphatic heterocycles. The SMILES string of the molecule is CNS(=O)(=O)c1ccc(C(C)=NNc2nc(Nc3ccc(F)cc3)nc(NCCc3ccncc3)c2-c2ccccc2)cc1. The topological polar surface area (TPSA) is 133 Å². The zero-order valence-corrected chi connectivity index (χ0v) is 24.9. The van der Waals surface area contributed by atoms with E-state index in [1.807, 2.05) is 49.4 Å². The molecule has 0 unspecified atom stereocenters. The highest BCUT2D eigenvalue weighted by Crippen LogP contribution is 2.35. The molecular formula is C32H31FN8O2S. The summed E-state index contributed by atoms with van der Waals surface area (Å²) >= 11 is 0. The fraction of sp³-hybridized carbons (Fsp3) is 0.125. The molecule has 0 saturated heterocycles. The van der Waals surface area contributed by atoms with E-state index in [-0.39, 0.29) is 16.7 Å². The Bertz CT molecular complexity index is 1840. The number of benzene rings is 3. The molecule has 0 spiro atoms. The van der Waals surface area contributed by atoms with Crippen LogP contribution in [0.15, 0.2) is 113 Å². The van der Waals surface area contributed by atoms with Crippen molar-refractivity contribution in [2.45, 2.75) is 18.2 Å². The number of rotatable bonds is 12. The number of hydrogen-bond donors (Lipinski definition) is 4. The fourth-order valence-corrected chi connectivity index (χ4v) is 5.07. The third kappa shape index (κ3) is 7.60. The molecular weight excluding hydrogens is 579 g/mol. The lowest BCUT2D eigenvalue weighted by molar-refractivity contribution is 0.588. The van der Waals surface area contributed by atoms with Crippen LogP contribution in [-0.2, 0) is 16.4 Å². The van der Waals surface area contributed by atoms with Crippen molar-refractivity contribution in [2.24, 2.45) is 5.10 Å². The predicted molar refractivity (Wildman–Crippen MR) is 172 cm³/mol. The van der Waals surface area contributed by atoms with Crippen LogP contribution in [0.2, 0.25) is 0 Å². The lowest BCUT2D eigenvalue weighted by Gasteiger charge is -2.17. The highest BCUT2D eigenvalue weighted by atomic mass is 32.2. The standard InChI is InChI=1S/C32H31FN8O2S/c1-22(24-8-14-28(15-9-24)44(42,43)34-2)40-41-31-29(25-6-4-3-5-7-25)30(36-21-18-23-16-19-35-20-17-23)38-32(39-31)37-27-12-10-26(33)11-13-27/h3-17,19-20,34H,18,21H2,1-2H3,(H3,36,37,38,39,41). The third-order valence-electron chi connectivity index (χ3n) is 6.71. The molecule has 0 radical (unpaired) electrons. The Labute approximate surface area is 255 Å². The zero-order valence-electron chi connectivity index (χ0n) is 24.1. The van der Waals surface area contributed by atoms with Crippen LogP contribution >= 0.6 is 0 Å². The Hall–Kier alpha value is -5.20. The summed E-state index contributed by atoms with van der Waals surface area (Å²) in [6.07, 6.45) is 4.26. The smallest absolute Gasteiger partial charge is 0.240 e. The zero-order chi connectivity index (χ0) is 30.9. The Balaban J connectivity index is 1.52. The second-order valence-electron chi connectivity index (χ2n) is 9.69. The van der Waals surface area contributed by atoms with Gasteiger partial charge in [-0.3, -0.25) is 10.4 Å². The minimum absolute atomic E-state index is 0.158. The molecule has 0 aliphatic rings. The van der Waals surface area contributed by atoms with Gasteiger partial charge in [0.25, 0.3) is 0 Å². The molecule has 224 valence electrons. The van der Waals surface area contributed by atoms with Gasteiger partial charge in [0.1, 0.15) is 11.6 Å². The molecule has 2 aromatic heterocycles. The van der Waals surface area contributed by atoms with Crippen LogP contribution in [0.25, 0.3) is 11.1 Å². The van der Waals surface area contributed by atoms with Crippen molar-refractivity contribution in [3.8, 4) is 11.1 Å². The maximum Gasteiger partial charge on any atom is 0.240 e. The summed E-state index contributed by atoms with van der Waals surface area (Å²) < 4.78 is 40.1. The normalized spacial score (nSPS) is 11.7. The van der Waals surface area contributed by atoms with Crippen molar-refractivity contribution in [1.82, 2.24) is 19.7 Å². The first-order valence-corrected chi connectivity index (χ1v) is 15.3. The first-order valence-electron chi connectivity index (χ1n) is 13.8. The van der Waals surface area contributed by atoms with E-state index in [0.29, 0.717) is 35.1 Å². The van der Waals surface area contributed by atoms with Crippen LogP contribution in [0, 0.1) is 5.82 Å². The summed E-state index contributed by atoms with van der Waals surface area (Å²) in [5.41, 5.74) is 7.75. The van der Waals surface area contributed by atoms with Crippen molar-refractivity contribution in [1.29, 1.82) is 0 Å². The van der Waals surface area contributed by atoms with Crippen molar-refractivity contribution in [2.75, 3.05) is 29.7 Å². The maximum atomic E-state index is 13.6. The quantitative estimate of drug-likeness (QED) is 0.103. The van der Waals surface area contributed by atoms with Gasteiger partial charge < -0.3 is 10.6 Å². The van der Waals surface area contributed by atoms with Gasteiger partial charge in [-0.1, -0.05) is 42.5 Å². The molecule has 44 heavy (non-hydrogen) atoms. The summed E-state index contributed by atoms with van der Waals surface area (Å²) in [4.78, 5) is 13.8. The van der Waals surface area contributed by atoms with Crippen LogP contribution in [0.4, 0.5) is 27.7 Å². The number of nitrogens with zero attached hydrogens (tertiary/aromatic N) is 4. The number of aromatic nitrogens is 3. The van der Waals surface area contributed by atoms with E-state index in [1.54, 1.807) is 36.7 Å². The predicted octanol–water partition coefficient (Wildman–Crippen LogP) is 5.82. The van der Waals surface area contributed by atoms with Crippen molar-refractivity contribution < 1.29 is 12.8 Å². The van der Waals surface area contributed by atoms with Crippen LogP contribution < -0.4 is 20.8 Å². The Morgan fingerprint density at radius 1 is 0.864 bits per heavy atom. The molecule has 0 amide bonds. The molecule has 12 heteroatoms. The van der Waals surface area contributed by atoms with Gasteiger partial charge in [0.05, 0.1) is 16.2 Å². The van der Waals surface area contributed by atoms with E-state index < -0.39 is 10.0 Å². The third-order valence-corrected chi connectivity index (χ3v) is 8.14. The number of halogens is 1. The molecule has 3 aromatic carbocycles. The molecule has 5 rings (SSSR count). The highest BCUT2D eigenvalue weighted by molar-refractivity contribution is 7.89. The number of hydrazone groups is 1. The van der Waals surface area contributed by atoms with Crippen LogP contribution in [0.5, 0.6) is 0 Å². The highest BCUT2D eigenvalue weighted by Gasteiger charge is 2.17. The summed E-state index contributed by atoms with van der Waals surface area (Å²) in [7, 11) is -2.19. The van der Waals surface area contributed by atoms with E-state index in [0.717, 1.165) is 23.1 Å². The maximum absolute atomic E-state index is 13.6. The van der Waals surface area contributed by atoms with Gasteiger partial charge in [-0.05, 0) is 85.6 Å². The minimum atomic E-state index is -3.56. The molecule has 0 saturated carbocycles. The van der Waals surface area contributed by atoms with Crippen LogP contribution in [0.3, 0.4) is 0 Å². The van der Waals surface area contributed by atoms with Crippen LogP contribution in [0.1, 0.15) is 18.1 Å². The molecule has 0 bridgehead atoms. The average Bonchev–Trinajstić information content (AvgIpc) is 3.05. The summed E-state index contributed by atoms with van der Waals surface area (Å²) in [6.45, 7) is 2.39. The number of anilines is 4. The molecule has 4 N–H and O–H groups in total. The number of nitrogens with one attached hydrogen (secondary N) is 4. The second-order valence-corrected chi connectivity index (χ2v) is 11.6. The van der Waals surface area contributed by atoms with Gasteiger partial charge in [0.2, 0.25) is 16.0 Å². The number of sulfonamides is 1. The van der Waals surface area contributed by atoms with Gasteiger partial charge in [0.15, 0.2) is 5.82 Å². The van der Waals surface area contributed by atoms with Gasteiger partial charge in [-0.25, -0.2) is 17.5 Å². The molecule has 10 nitrogen and oxygen atoms in total. The van der Waals surface area contributed by atoms with Crippen molar-refractivity contribution >= 4 is 39.0 Å². The molecule has 0 aliphatic carbocycles. The summed E-state index contributed by atoms with van der Waals surface area (Å²) in [5, 5.41) is 11.2. The number of hydrogen-bond acceptors (Lipinski definition) is 9. The minimum Gasteiger partial charge on any atom is -0.369 e. The van der Waals surface area contributed by atoms with Gasteiger partial charge in [-0.2, -0.15) is 15.1 Å². The first-order chi connectivity index (χ1) is 21.3. The number of pyridine rings is 1. The van der Waals surface area contributed by atoms with E-state index in [4.69, 9.17) is 9.97 Å². The van der Waals surface area contributed by atoms with Crippen molar-refractivity contribution in [3.05, 3.63) is 120 Å². The lowest BCUT2D eigenvalue weighted by atomic mass is 10.1. The molecule has 5 aromatic rings. The van der Waals surface area contributed by atoms with E-state index >= 15 is 0 Å². The Kier molecular flexibility index (Phi) is 9.52. The van der Waals surface area contributed by atoms with Gasteiger partial charge in [-0.15, -0.1) is 0 Å². The first kappa shape index (κ1) is 30.3. The summed E-state index contributed by atoms with van der Waals surface area (Å²) in [5.74, 6) is 0.926. The average molecular weight is 611 g/mol. The van der Waals surface area contributed by atoms with Gasteiger partial charge in [0, 0.05) is 24.6 Å². The molecule has 0 atom stereocenters. The monoisotopic (exact) mass is 610 g/mol. The summed E-state index contributed by atoms with van der Waals surface area (Å²) in [6, 6.07) is 26.0. The van der Waals surface area contributed by atoms with Crippen molar-refractivity contribution in [3.63, 3.8) is 0 Å². The molecule has 0 fully saturated rings. The Morgan fingerprint density at radius 3 is 2.23 bits per heavy atom.